The largest absolute Gasteiger partial charge is 0.329 e. The Morgan fingerprint density at radius 2 is 1.75 bits per heavy atom. The predicted molar refractivity (Wildman–Crippen MR) is 81.2 cm³/mol. The van der Waals surface area contributed by atoms with Gasteiger partial charge in [-0.25, -0.2) is 4.79 Å². The fraction of sp³-hybridized carbons (Fsp3) is 0.333. The van der Waals surface area contributed by atoms with E-state index < -0.39 is 5.69 Å². The minimum Gasteiger partial charge on any atom is -0.297 e. The van der Waals surface area contributed by atoms with Crippen LogP contribution in [0.3, 0.4) is 0 Å². The highest BCUT2D eigenvalue weighted by atomic mass is 35.5. The first-order chi connectivity index (χ1) is 9.29. The minimum absolute atomic E-state index is 0.0800. The van der Waals surface area contributed by atoms with Gasteiger partial charge in [0, 0.05) is 6.54 Å². The second-order valence-electron chi connectivity index (χ2n) is 5.94. The molecule has 0 fully saturated rings. The van der Waals surface area contributed by atoms with Crippen molar-refractivity contribution in [3.8, 4) is 11.1 Å². The van der Waals surface area contributed by atoms with Crippen LogP contribution in [0.1, 0.15) is 20.8 Å². The molecule has 0 amide bonds. The molecule has 1 N–H and O–H groups in total. The average molecular weight is 293 g/mol. The van der Waals surface area contributed by atoms with Gasteiger partial charge in [0.2, 0.25) is 0 Å². The number of hydrogen-bond donors (Lipinski definition) is 1. The lowest BCUT2D eigenvalue weighted by Gasteiger charge is -2.19. The molecule has 2 aromatic rings. The topological polar surface area (TPSA) is 54.9 Å². The third-order valence-electron chi connectivity index (χ3n) is 2.84. The monoisotopic (exact) mass is 292 g/mol. The molecule has 0 spiro atoms. The first kappa shape index (κ1) is 14.6. The van der Waals surface area contributed by atoms with E-state index in [0.717, 1.165) is 0 Å². The van der Waals surface area contributed by atoms with Gasteiger partial charge < -0.3 is 0 Å². The number of halogens is 1. The number of H-pyrrole nitrogens is 1. The summed E-state index contributed by atoms with van der Waals surface area (Å²) in [4.78, 5) is 27.0. The summed E-state index contributed by atoms with van der Waals surface area (Å²) in [6.07, 6.45) is 0. The van der Waals surface area contributed by atoms with Gasteiger partial charge in [-0.3, -0.25) is 14.3 Å². The van der Waals surface area contributed by atoms with E-state index >= 15 is 0 Å². The number of aromatic nitrogens is 2. The quantitative estimate of drug-likeness (QED) is 0.865. The van der Waals surface area contributed by atoms with Crippen LogP contribution < -0.4 is 11.2 Å². The Labute approximate surface area is 122 Å². The van der Waals surface area contributed by atoms with Crippen molar-refractivity contribution < 1.29 is 0 Å². The molecule has 0 atom stereocenters. The van der Waals surface area contributed by atoms with E-state index in [-0.39, 0.29) is 16.1 Å². The Morgan fingerprint density at radius 3 is 2.30 bits per heavy atom. The van der Waals surface area contributed by atoms with Crippen LogP contribution in [0.4, 0.5) is 0 Å². The molecule has 20 heavy (non-hydrogen) atoms. The Bertz CT molecular complexity index is 724. The molecule has 1 aromatic heterocycles. The first-order valence-corrected chi connectivity index (χ1v) is 6.75. The number of rotatable bonds is 2. The molecule has 0 unspecified atom stereocenters. The van der Waals surface area contributed by atoms with Crippen molar-refractivity contribution in [3.05, 3.63) is 56.3 Å². The molecule has 0 saturated carbocycles. The van der Waals surface area contributed by atoms with Gasteiger partial charge in [-0.1, -0.05) is 62.7 Å². The molecule has 0 aliphatic rings. The fourth-order valence-corrected chi connectivity index (χ4v) is 2.29. The second-order valence-corrected chi connectivity index (χ2v) is 6.32. The molecule has 0 aliphatic heterocycles. The van der Waals surface area contributed by atoms with Crippen molar-refractivity contribution >= 4 is 11.6 Å². The lowest BCUT2D eigenvalue weighted by Crippen LogP contribution is -2.39. The van der Waals surface area contributed by atoms with E-state index in [1.165, 1.54) is 4.57 Å². The molecule has 1 heterocycles. The molecule has 4 nitrogen and oxygen atoms in total. The maximum atomic E-state index is 12.5. The number of nitrogens with zero attached hydrogens (tertiary/aromatic N) is 1. The Morgan fingerprint density at radius 1 is 1.15 bits per heavy atom. The van der Waals surface area contributed by atoms with Gasteiger partial charge in [-0.2, -0.15) is 0 Å². The molecule has 0 aliphatic carbocycles. The summed E-state index contributed by atoms with van der Waals surface area (Å²) in [7, 11) is 0. The lowest BCUT2D eigenvalue weighted by molar-refractivity contribution is 0.331. The molecule has 0 saturated heterocycles. The zero-order valence-corrected chi connectivity index (χ0v) is 12.5. The maximum Gasteiger partial charge on any atom is 0.329 e. The summed E-state index contributed by atoms with van der Waals surface area (Å²) < 4.78 is 1.20. The first-order valence-electron chi connectivity index (χ1n) is 6.37. The Kier molecular flexibility index (Phi) is 3.86. The number of hydrogen-bond acceptors (Lipinski definition) is 2. The summed E-state index contributed by atoms with van der Waals surface area (Å²) in [6, 6.07) is 9.09. The summed E-state index contributed by atoms with van der Waals surface area (Å²) in [5.41, 5.74) is 0.00511. The summed E-state index contributed by atoms with van der Waals surface area (Å²) in [5.74, 6) is 0. The summed E-state index contributed by atoms with van der Waals surface area (Å²) >= 11 is 6.04. The van der Waals surface area contributed by atoms with Gasteiger partial charge in [0.15, 0.2) is 0 Å². The second kappa shape index (κ2) is 5.29. The van der Waals surface area contributed by atoms with Crippen LogP contribution in [0.15, 0.2) is 39.9 Å². The van der Waals surface area contributed by atoms with Gasteiger partial charge in [0.1, 0.15) is 5.15 Å². The fourth-order valence-electron chi connectivity index (χ4n) is 2.02. The zero-order valence-electron chi connectivity index (χ0n) is 11.7. The number of nitrogens with one attached hydrogen (secondary N) is 1. The van der Waals surface area contributed by atoms with Gasteiger partial charge in [-0.15, -0.1) is 0 Å². The molecule has 0 bridgehead atoms. The molecular weight excluding hydrogens is 276 g/mol. The van der Waals surface area contributed by atoms with Crippen molar-refractivity contribution in [2.24, 2.45) is 5.41 Å². The molecular formula is C15H17ClN2O2. The van der Waals surface area contributed by atoms with Crippen molar-refractivity contribution in [2.75, 3.05) is 0 Å². The molecule has 2 rings (SSSR count). The SMILES string of the molecule is CC(C)(C)Cn1c(=O)[nH]c(Cl)c(-c2ccccc2)c1=O. The van der Waals surface area contributed by atoms with Gasteiger partial charge in [0.05, 0.1) is 5.56 Å². The van der Waals surface area contributed by atoms with Crippen LogP contribution in [-0.4, -0.2) is 9.55 Å². The highest BCUT2D eigenvalue weighted by Gasteiger charge is 2.19. The van der Waals surface area contributed by atoms with E-state index in [1.807, 2.05) is 39.0 Å². The van der Waals surface area contributed by atoms with Gasteiger partial charge in [-0.05, 0) is 11.0 Å². The normalized spacial score (nSPS) is 11.6. The molecule has 106 valence electrons. The lowest BCUT2D eigenvalue weighted by atomic mass is 9.97. The van der Waals surface area contributed by atoms with E-state index in [4.69, 9.17) is 11.6 Å². The number of benzene rings is 1. The average Bonchev–Trinajstić information content (AvgIpc) is 2.34. The van der Waals surface area contributed by atoms with Gasteiger partial charge >= 0.3 is 5.69 Å². The maximum absolute atomic E-state index is 12.5. The highest BCUT2D eigenvalue weighted by molar-refractivity contribution is 6.32. The number of aromatic amines is 1. The van der Waals surface area contributed by atoms with E-state index in [9.17, 15) is 9.59 Å². The van der Waals surface area contributed by atoms with E-state index in [1.54, 1.807) is 12.1 Å². The predicted octanol–water partition coefficient (Wildman–Crippen LogP) is 2.90. The van der Waals surface area contributed by atoms with Gasteiger partial charge in [0.25, 0.3) is 5.56 Å². The molecule has 5 heteroatoms. The van der Waals surface area contributed by atoms with Crippen LogP contribution in [0, 0.1) is 5.41 Å². The van der Waals surface area contributed by atoms with Crippen LogP contribution >= 0.6 is 11.6 Å². The van der Waals surface area contributed by atoms with Crippen LogP contribution in [0.5, 0.6) is 0 Å². The van der Waals surface area contributed by atoms with E-state index in [0.29, 0.717) is 17.7 Å². The van der Waals surface area contributed by atoms with Crippen LogP contribution in [-0.2, 0) is 6.54 Å². The van der Waals surface area contributed by atoms with Crippen LogP contribution in [0.2, 0.25) is 5.15 Å². The van der Waals surface area contributed by atoms with E-state index in [2.05, 4.69) is 4.98 Å². The van der Waals surface area contributed by atoms with Crippen LogP contribution in [0.25, 0.3) is 11.1 Å². The van der Waals surface area contributed by atoms with Crippen molar-refractivity contribution in [2.45, 2.75) is 27.3 Å². The zero-order chi connectivity index (χ0) is 14.9. The Balaban J connectivity index is 2.69. The third-order valence-corrected chi connectivity index (χ3v) is 3.12. The van der Waals surface area contributed by atoms with Crippen molar-refractivity contribution in [1.82, 2.24) is 9.55 Å². The van der Waals surface area contributed by atoms with Crippen molar-refractivity contribution in [1.29, 1.82) is 0 Å². The smallest absolute Gasteiger partial charge is 0.297 e. The van der Waals surface area contributed by atoms with Crippen molar-refractivity contribution in [3.63, 3.8) is 0 Å². The molecule has 1 aromatic carbocycles. The summed E-state index contributed by atoms with van der Waals surface area (Å²) in [5, 5.41) is 0.0800. The standard InChI is InChI=1S/C15H17ClN2O2/c1-15(2,3)9-18-13(19)11(12(16)17-14(18)20)10-7-5-4-6-8-10/h4-8H,9H2,1-3H3,(H,17,20). The highest BCUT2D eigenvalue weighted by Crippen LogP contribution is 2.21. The Hall–Kier alpha value is -1.81. The minimum atomic E-state index is -0.477. The molecule has 0 radical (unpaired) electrons. The summed E-state index contributed by atoms with van der Waals surface area (Å²) in [6.45, 7) is 6.24. The third kappa shape index (κ3) is 3.02.